The van der Waals surface area contributed by atoms with Gasteiger partial charge in [-0.15, -0.1) is 0 Å². The largest absolute Gasteiger partial charge is 0.490 e. The molecule has 2 aromatic carbocycles. The first-order valence-corrected chi connectivity index (χ1v) is 13.8. The maximum Gasteiger partial charge on any atom is 0.490 e. The minimum Gasteiger partial charge on any atom is -0.475 e. The average molecular weight is 596 g/mol. The number of hydrogen-bond donors (Lipinski definition) is 3. The number of carbonyl (C=O) groups excluding carboxylic acids is 3. The molecule has 1 saturated heterocycles. The van der Waals surface area contributed by atoms with Crippen molar-refractivity contribution in [3.8, 4) is 0 Å². The lowest BCUT2D eigenvalue weighted by Gasteiger charge is -2.33. The van der Waals surface area contributed by atoms with E-state index in [2.05, 4.69) is 17.6 Å². The number of carboxylic acid groups (broad SMARTS) is 1. The summed E-state index contributed by atoms with van der Waals surface area (Å²) in [6.45, 7) is 3.42. The van der Waals surface area contributed by atoms with E-state index in [9.17, 15) is 27.6 Å². The molecule has 0 aromatic heterocycles. The monoisotopic (exact) mass is 595 g/mol. The highest BCUT2D eigenvalue weighted by atomic mass is 35.5. The first-order valence-electron chi connectivity index (χ1n) is 13.4. The van der Waals surface area contributed by atoms with Crippen LogP contribution in [0.15, 0.2) is 48.5 Å². The van der Waals surface area contributed by atoms with E-state index in [1.165, 1.54) is 12.8 Å². The highest BCUT2D eigenvalue weighted by molar-refractivity contribution is 6.34. The number of nitrogens with zero attached hydrogens (tertiary/aromatic N) is 1. The smallest absolute Gasteiger partial charge is 0.475 e. The molecule has 222 valence electrons. The summed E-state index contributed by atoms with van der Waals surface area (Å²) in [6.07, 6.45) is 0.790. The first-order chi connectivity index (χ1) is 19.3. The predicted molar refractivity (Wildman–Crippen MR) is 148 cm³/mol. The van der Waals surface area contributed by atoms with Crippen molar-refractivity contribution in [3.63, 3.8) is 0 Å². The SMILES string of the molecule is CC1CCC(NC(=O)C2CCN(C(=O)c3ccc(NC(=O)c4ccccc4Cl)cc3)CC2)CC1.O=C(O)C(F)(F)F. The number of amides is 3. The fraction of sp³-hybridized carbons (Fsp3) is 0.448. The van der Waals surface area contributed by atoms with Gasteiger partial charge in [0.25, 0.3) is 11.8 Å². The highest BCUT2D eigenvalue weighted by Crippen LogP contribution is 2.25. The molecule has 1 saturated carbocycles. The van der Waals surface area contributed by atoms with Crippen LogP contribution in [0, 0.1) is 11.8 Å². The Bertz CT molecular complexity index is 1220. The van der Waals surface area contributed by atoms with Gasteiger partial charge in [-0.2, -0.15) is 13.2 Å². The van der Waals surface area contributed by atoms with Crippen molar-refractivity contribution in [2.75, 3.05) is 18.4 Å². The quantitative estimate of drug-likeness (QED) is 0.406. The summed E-state index contributed by atoms with van der Waals surface area (Å²) in [5, 5.41) is 13.6. The first kappa shape index (κ1) is 31.9. The minimum absolute atomic E-state index is 0.0224. The molecule has 0 radical (unpaired) electrons. The Hall–Kier alpha value is -3.60. The number of carboxylic acids is 1. The molecule has 2 aliphatic rings. The van der Waals surface area contributed by atoms with Crippen LogP contribution >= 0.6 is 11.6 Å². The molecule has 0 atom stereocenters. The molecule has 1 aliphatic heterocycles. The third-order valence-corrected chi connectivity index (χ3v) is 7.60. The molecule has 3 amide bonds. The topological polar surface area (TPSA) is 116 Å². The van der Waals surface area contributed by atoms with E-state index in [1.807, 2.05) is 4.90 Å². The van der Waals surface area contributed by atoms with Crippen molar-refractivity contribution in [1.82, 2.24) is 10.2 Å². The molecule has 8 nitrogen and oxygen atoms in total. The lowest BCUT2D eigenvalue weighted by Crippen LogP contribution is -2.46. The standard InChI is InChI=1S/C27H32ClN3O3.C2HF3O2/c1-18-6-10-21(11-7-18)29-25(32)19-14-16-31(17-15-19)27(34)20-8-12-22(13-9-20)30-26(33)23-4-2-3-5-24(23)28;3-2(4,5)1(6)7/h2-5,8-9,12-13,18-19,21H,6-7,10-11,14-17H2,1H3,(H,29,32)(H,30,33);(H,6,7). The summed E-state index contributed by atoms with van der Waals surface area (Å²) in [5.41, 5.74) is 1.55. The number of rotatable bonds is 5. The Labute approximate surface area is 241 Å². The van der Waals surface area contributed by atoms with Gasteiger partial charge in [-0.05, 0) is 80.8 Å². The molecule has 41 heavy (non-hydrogen) atoms. The molecule has 0 unspecified atom stereocenters. The van der Waals surface area contributed by atoms with Gasteiger partial charge in [-0.3, -0.25) is 14.4 Å². The van der Waals surface area contributed by atoms with Gasteiger partial charge in [0.05, 0.1) is 10.6 Å². The van der Waals surface area contributed by atoms with Crippen LogP contribution in [0.4, 0.5) is 18.9 Å². The van der Waals surface area contributed by atoms with E-state index in [-0.39, 0.29) is 23.6 Å². The lowest BCUT2D eigenvalue weighted by molar-refractivity contribution is -0.192. The summed E-state index contributed by atoms with van der Waals surface area (Å²) >= 11 is 6.09. The van der Waals surface area contributed by atoms with Crippen LogP contribution in [0.25, 0.3) is 0 Å². The van der Waals surface area contributed by atoms with Crippen molar-refractivity contribution in [3.05, 3.63) is 64.7 Å². The van der Waals surface area contributed by atoms with E-state index in [0.29, 0.717) is 53.8 Å². The Kier molecular flexibility index (Phi) is 11.2. The van der Waals surface area contributed by atoms with E-state index >= 15 is 0 Å². The fourth-order valence-electron chi connectivity index (χ4n) is 4.79. The number of aliphatic carboxylic acids is 1. The van der Waals surface area contributed by atoms with Gasteiger partial charge < -0.3 is 20.6 Å². The maximum atomic E-state index is 12.9. The van der Waals surface area contributed by atoms with Crippen LogP contribution in [0.1, 0.15) is 66.2 Å². The zero-order valence-corrected chi connectivity index (χ0v) is 23.3. The zero-order chi connectivity index (χ0) is 30.2. The normalized spacial score (nSPS) is 19.4. The molecular formula is C29H33ClF3N3O5. The van der Waals surface area contributed by atoms with Crippen LogP contribution < -0.4 is 10.6 Å². The molecule has 1 heterocycles. The van der Waals surface area contributed by atoms with Crippen LogP contribution in [0.5, 0.6) is 0 Å². The van der Waals surface area contributed by atoms with E-state index in [0.717, 1.165) is 18.8 Å². The average Bonchev–Trinajstić information content (AvgIpc) is 2.94. The Balaban J connectivity index is 0.000000587. The van der Waals surface area contributed by atoms with Gasteiger partial charge in [0, 0.05) is 36.3 Å². The Morgan fingerprint density at radius 2 is 1.46 bits per heavy atom. The minimum atomic E-state index is -5.08. The molecule has 2 fully saturated rings. The molecule has 0 bridgehead atoms. The number of benzene rings is 2. The van der Waals surface area contributed by atoms with Crippen molar-refractivity contribution >= 4 is 41.0 Å². The number of halogens is 4. The van der Waals surface area contributed by atoms with Gasteiger partial charge in [0.2, 0.25) is 5.91 Å². The van der Waals surface area contributed by atoms with Gasteiger partial charge in [0.1, 0.15) is 0 Å². The number of piperidine rings is 1. The summed E-state index contributed by atoms with van der Waals surface area (Å²) in [7, 11) is 0. The second-order valence-corrected chi connectivity index (χ2v) is 10.8. The molecule has 4 rings (SSSR count). The van der Waals surface area contributed by atoms with Crippen molar-refractivity contribution in [1.29, 1.82) is 0 Å². The highest BCUT2D eigenvalue weighted by Gasteiger charge is 2.38. The lowest BCUT2D eigenvalue weighted by atomic mass is 9.86. The summed E-state index contributed by atoms with van der Waals surface area (Å²) < 4.78 is 31.7. The van der Waals surface area contributed by atoms with Crippen LogP contribution in [0.3, 0.4) is 0 Å². The molecule has 12 heteroatoms. The number of hydrogen-bond acceptors (Lipinski definition) is 4. The van der Waals surface area contributed by atoms with Crippen molar-refractivity contribution in [2.45, 2.75) is 57.7 Å². The molecular weight excluding hydrogens is 563 g/mol. The summed E-state index contributed by atoms with van der Waals surface area (Å²) in [5.74, 6) is -2.23. The Morgan fingerprint density at radius 1 is 0.902 bits per heavy atom. The van der Waals surface area contributed by atoms with Crippen LogP contribution in [0.2, 0.25) is 5.02 Å². The van der Waals surface area contributed by atoms with Gasteiger partial charge in [-0.1, -0.05) is 30.7 Å². The predicted octanol–water partition coefficient (Wildman–Crippen LogP) is 5.77. The number of likely N-dealkylation sites (tertiary alicyclic amines) is 1. The number of carbonyl (C=O) groups is 4. The second kappa shape index (κ2) is 14.3. The van der Waals surface area contributed by atoms with Gasteiger partial charge >= 0.3 is 12.1 Å². The number of anilines is 1. The molecule has 1 aliphatic carbocycles. The molecule has 3 N–H and O–H groups in total. The number of alkyl halides is 3. The molecule has 2 aromatic rings. The zero-order valence-electron chi connectivity index (χ0n) is 22.5. The number of nitrogens with one attached hydrogen (secondary N) is 2. The van der Waals surface area contributed by atoms with Crippen molar-refractivity contribution in [2.24, 2.45) is 11.8 Å². The fourth-order valence-corrected chi connectivity index (χ4v) is 5.01. The Morgan fingerprint density at radius 3 is 2.00 bits per heavy atom. The van der Waals surface area contributed by atoms with E-state index in [1.54, 1.807) is 48.5 Å². The molecule has 0 spiro atoms. The van der Waals surface area contributed by atoms with Crippen LogP contribution in [-0.2, 0) is 9.59 Å². The summed E-state index contributed by atoms with van der Waals surface area (Å²) in [4.78, 5) is 48.8. The van der Waals surface area contributed by atoms with E-state index < -0.39 is 12.1 Å². The van der Waals surface area contributed by atoms with Crippen LogP contribution in [-0.4, -0.2) is 59.0 Å². The second-order valence-electron chi connectivity index (χ2n) is 10.3. The van der Waals surface area contributed by atoms with E-state index in [4.69, 9.17) is 21.5 Å². The third kappa shape index (κ3) is 9.48. The summed E-state index contributed by atoms with van der Waals surface area (Å²) in [6, 6.07) is 14.0. The van der Waals surface area contributed by atoms with Gasteiger partial charge in [-0.25, -0.2) is 4.79 Å². The maximum absolute atomic E-state index is 12.9. The van der Waals surface area contributed by atoms with Gasteiger partial charge in [0.15, 0.2) is 0 Å². The third-order valence-electron chi connectivity index (χ3n) is 7.27. The van der Waals surface area contributed by atoms with Crippen molar-refractivity contribution < 1.29 is 37.5 Å².